The third-order valence-electron chi connectivity index (χ3n) is 4.17. The summed E-state index contributed by atoms with van der Waals surface area (Å²) in [4.78, 5) is 19.9. The molecule has 0 aliphatic heterocycles. The first kappa shape index (κ1) is 18.7. The molecule has 0 fully saturated rings. The Morgan fingerprint density at radius 1 is 1.23 bits per heavy atom. The molecule has 0 amide bonds. The number of benzene rings is 1. The van der Waals surface area contributed by atoms with Gasteiger partial charge in [-0.05, 0) is 18.9 Å². The van der Waals surface area contributed by atoms with Crippen LogP contribution in [0.15, 0.2) is 35.1 Å². The van der Waals surface area contributed by atoms with Gasteiger partial charge in [-0.25, -0.2) is 4.98 Å². The Balaban J connectivity index is 1.82. The number of aromatic nitrogens is 3. The minimum atomic E-state index is -0.122. The Morgan fingerprint density at radius 2 is 2.00 bits per heavy atom. The van der Waals surface area contributed by atoms with E-state index in [-0.39, 0.29) is 5.56 Å². The molecule has 0 spiro atoms. The van der Waals surface area contributed by atoms with Gasteiger partial charge in [-0.2, -0.15) is 9.61 Å². The summed E-state index contributed by atoms with van der Waals surface area (Å²) in [5, 5.41) is 5.22. The molecule has 3 rings (SSSR count). The van der Waals surface area contributed by atoms with Crippen LogP contribution in [0.2, 0.25) is 0 Å². The maximum absolute atomic E-state index is 12.3. The highest BCUT2D eigenvalue weighted by molar-refractivity contribution is 7.16. The maximum atomic E-state index is 12.3. The monoisotopic (exact) mass is 372 g/mol. The van der Waals surface area contributed by atoms with Crippen LogP contribution < -0.4 is 5.56 Å². The quantitative estimate of drug-likeness (QED) is 0.608. The molecule has 6 nitrogen and oxygen atoms in total. The summed E-state index contributed by atoms with van der Waals surface area (Å²) in [6.45, 7) is 6.90. The molecular formula is C19H24N4O2S. The van der Waals surface area contributed by atoms with E-state index in [4.69, 9.17) is 4.74 Å². The Hall–Kier alpha value is -2.09. The first-order chi connectivity index (χ1) is 12.6. The van der Waals surface area contributed by atoms with Gasteiger partial charge in [0.2, 0.25) is 4.96 Å². The molecule has 0 aliphatic rings. The third-order valence-corrected chi connectivity index (χ3v) is 5.22. The third kappa shape index (κ3) is 4.55. The molecule has 0 radical (unpaired) electrons. The second kappa shape index (κ2) is 8.53. The summed E-state index contributed by atoms with van der Waals surface area (Å²) in [5.41, 5.74) is 3.12. The lowest BCUT2D eigenvalue weighted by Gasteiger charge is -2.21. The Morgan fingerprint density at radius 3 is 2.69 bits per heavy atom. The van der Waals surface area contributed by atoms with Gasteiger partial charge in [-0.1, -0.05) is 48.1 Å². The van der Waals surface area contributed by atoms with Crippen LogP contribution in [0.4, 0.5) is 0 Å². The van der Waals surface area contributed by atoms with Crippen LogP contribution in [0, 0.1) is 6.92 Å². The number of hydrogen-bond donors (Lipinski definition) is 0. The smallest absolute Gasteiger partial charge is 0.275 e. The van der Waals surface area contributed by atoms with Gasteiger partial charge in [0, 0.05) is 32.8 Å². The predicted molar refractivity (Wildman–Crippen MR) is 104 cm³/mol. The van der Waals surface area contributed by atoms with E-state index in [1.807, 2.05) is 6.92 Å². The zero-order chi connectivity index (χ0) is 18.5. The molecule has 0 unspecified atom stereocenters. The largest absolute Gasteiger partial charge is 0.383 e. The van der Waals surface area contributed by atoms with Crippen molar-refractivity contribution in [2.75, 3.05) is 20.3 Å². The average Bonchev–Trinajstić information content (AvgIpc) is 3.05. The van der Waals surface area contributed by atoms with E-state index in [0.29, 0.717) is 18.1 Å². The zero-order valence-electron chi connectivity index (χ0n) is 15.4. The van der Waals surface area contributed by atoms with Crippen molar-refractivity contribution in [1.82, 2.24) is 19.5 Å². The molecule has 0 N–H and O–H groups in total. The zero-order valence-corrected chi connectivity index (χ0v) is 16.3. The molecule has 2 aromatic heterocycles. The van der Waals surface area contributed by atoms with Crippen LogP contribution in [-0.4, -0.2) is 39.8 Å². The Bertz CT molecular complexity index is 917. The van der Waals surface area contributed by atoms with E-state index >= 15 is 0 Å². The molecule has 2 heterocycles. The average molecular weight is 372 g/mol. The van der Waals surface area contributed by atoms with E-state index in [1.54, 1.807) is 13.2 Å². The van der Waals surface area contributed by atoms with Crippen LogP contribution in [-0.2, 0) is 24.2 Å². The topological polar surface area (TPSA) is 59.7 Å². The van der Waals surface area contributed by atoms with E-state index in [9.17, 15) is 4.79 Å². The number of hydrogen-bond acceptors (Lipinski definition) is 6. The Labute approximate surface area is 157 Å². The van der Waals surface area contributed by atoms with Gasteiger partial charge in [0.25, 0.3) is 5.56 Å². The van der Waals surface area contributed by atoms with Gasteiger partial charge in [-0.15, -0.1) is 0 Å². The SMILES string of the molecule is CCc1nn2c(=O)cc(CN(CCOC)Cc3ccc(C)cc3)nc2s1. The summed E-state index contributed by atoms with van der Waals surface area (Å²) in [6, 6.07) is 10.1. The molecule has 0 bridgehead atoms. The summed E-state index contributed by atoms with van der Waals surface area (Å²) in [5.74, 6) is 0. The second-order valence-electron chi connectivity index (χ2n) is 6.32. The van der Waals surface area contributed by atoms with Gasteiger partial charge in [0.05, 0.1) is 12.3 Å². The second-order valence-corrected chi connectivity index (χ2v) is 7.36. The van der Waals surface area contributed by atoms with Crippen LogP contribution in [0.25, 0.3) is 4.96 Å². The van der Waals surface area contributed by atoms with Gasteiger partial charge in [0.1, 0.15) is 5.01 Å². The molecule has 0 atom stereocenters. The number of nitrogens with zero attached hydrogens (tertiary/aromatic N) is 4. The molecular weight excluding hydrogens is 348 g/mol. The summed E-state index contributed by atoms with van der Waals surface area (Å²) < 4.78 is 6.64. The molecule has 1 aromatic carbocycles. The lowest BCUT2D eigenvalue weighted by Crippen LogP contribution is -2.28. The van der Waals surface area contributed by atoms with Crippen molar-refractivity contribution in [3.8, 4) is 0 Å². The van der Waals surface area contributed by atoms with Gasteiger partial charge < -0.3 is 4.74 Å². The number of rotatable bonds is 8. The molecule has 3 aromatic rings. The lowest BCUT2D eigenvalue weighted by atomic mass is 10.1. The predicted octanol–water partition coefficient (Wildman–Crippen LogP) is 2.67. The number of methoxy groups -OCH3 is 1. The highest BCUT2D eigenvalue weighted by atomic mass is 32.1. The maximum Gasteiger partial charge on any atom is 0.275 e. The minimum Gasteiger partial charge on any atom is -0.383 e. The van der Waals surface area contributed by atoms with E-state index in [1.165, 1.54) is 27.0 Å². The molecule has 7 heteroatoms. The van der Waals surface area contributed by atoms with Crippen molar-refractivity contribution in [1.29, 1.82) is 0 Å². The van der Waals surface area contributed by atoms with Crippen LogP contribution >= 0.6 is 11.3 Å². The van der Waals surface area contributed by atoms with Crippen molar-refractivity contribution < 1.29 is 4.74 Å². The molecule has 138 valence electrons. The van der Waals surface area contributed by atoms with E-state index < -0.39 is 0 Å². The van der Waals surface area contributed by atoms with Crippen LogP contribution in [0.1, 0.15) is 28.8 Å². The molecule has 0 aliphatic carbocycles. The van der Waals surface area contributed by atoms with E-state index in [0.717, 1.165) is 30.2 Å². The molecule has 0 saturated heterocycles. The lowest BCUT2D eigenvalue weighted by molar-refractivity contribution is 0.139. The first-order valence-electron chi connectivity index (χ1n) is 8.74. The normalized spacial score (nSPS) is 11.5. The van der Waals surface area contributed by atoms with Crippen molar-refractivity contribution in [3.63, 3.8) is 0 Å². The highest BCUT2D eigenvalue weighted by Crippen LogP contribution is 2.14. The van der Waals surface area contributed by atoms with Gasteiger partial charge in [-0.3, -0.25) is 9.69 Å². The first-order valence-corrected chi connectivity index (χ1v) is 9.56. The van der Waals surface area contributed by atoms with Crippen molar-refractivity contribution in [2.24, 2.45) is 0 Å². The fraction of sp³-hybridized carbons (Fsp3) is 0.421. The van der Waals surface area contributed by atoms with E-state index in [2.05, 4.69) is 46.2 Å². The highest BCUT2D eigenvalue weighted by Gasteiger charge is 2.12. The van der Waals surface area contributed by atoms with Crippen molar-refractivity contribution >= 4 is 16.3 Å². The van der Waals surface area contributed by atoms with Crippen LogP contribution in [0.5, 0.6) is 0 Å². The van der Waals surface area contributed by atoms with Crippen molar-refractivity contribution in [2.45, 2.75) is 33.4 Å². The van der Waals surface area contributed by atoms with Gasteiger partial charge in [0.15, 0.2) is 0 Å². The summed E-state index contributed by atoms with van der Waals surface area (Å²) in [6.07, 6.45) is 0.802. The van der Waals surface area contributed by atoms with Gasteiger partial charge >= 0.3 is 0 Å². The van der Waals surface area contributed by atoms with Crippen molar-refractivity contribution in [3.05, 3.63) is 62.5 Å². The molecule has 0 saturated carbocycles. The number of ether oxygens (including phenoxy) is 1. The number of aryl methyl sites for hydroxylation is 2. The summed E-state index contributed by atoms with van der Waals surface area (Å²) in [7, 11) is 1.70. The fourth-order valence-electron chi connectivity index (χ4n) is 2.73. The Kier molecular flexibility index (Phi) is 6.13. The van der Waals surface area contributed by atoms with Crippen LogP contribution in [0.3, 0.4) is 0 Å². The minimum absolute atomic E-state index is 0.122. The molecule has 26 heavy (non-hydrogen) atoms. The summed E-state index contributed by atoms with van der Waals surface area (Å²) >= 11 is 1.47. The number of fused-ring (bicyclic) bond motifs is 1. The fourth-order valence-corrected chi connectivity index (χ4v) is 3.59. The standard InChI is InChI=1S/C19H24N4O2S/c1-4-17-21-23-18(24)11-16(20-19(23)26-17)13-22(9-10-25-3)12-15-7-5-14(2)6-8-15/h5-8,11H,4,9-10,12-13H2,1-3H3.